The Balaban J connectivity index is 2.75. The second-order valence-electron chi connectivity index (χ2n) is 5.27. The van der Waals surface area contributed by atoms with E-state index in [1.807, 2.05) is 13.8 Å². The van der Waals surface area contributed by atoms with E-state index in [0.29, 0.717) is 12.8 Å². The molecule has 1 heterocycles. The van der Waals surface area contributed by atoms with Gasteiger partial charge in [0.2, 0.25) is 5.91 Å². The number of nitrogens with one attached hydrogen (secondary N) is 1. The number of amides is 1. The predicted molar refractivity (Wildman–Crippen MR) is 75.7 cm³/mol. The molecule has 1 aromatic heterocycles. The number of thiazole rings is 1. The van der Waals surface area contributed by atoms with Crippen LogP contribution in [-0.2, 0) is 11.0 Å². The van der Waals surface area contributed by atoms with Gasteiger partial charge in [-0.1, -0.05) is 20.8 Å². The fourth-order valence-electron chi connectivity index (χ4n) is 1.81. The summed E-state index contributed by atoms with van der Waals surface area (Å²) in [6, 6.07) is -1.21. The molecular weight excluding hydrogens is 303 g/mol. The van der Waals surface area contributed by atoms with Gasteiger partial charge in [0.25, 0.3) is 0 Å². The second kappa shape index (κ2) is 7.22. The highest BCUT2D eigenvalue weighted by Crippen LogP contribution is 2.32. The summed E-state index contributed by atoms with van der Waals surface area (Å²) in [4.78, 5) is 15.5. The average Bonchev–Trinajstić information content (AvgIpc) is 2.83. The van der Waals surface area contributed by atoms with E-state index in [0.717, 1.165) is 16.7 Å². The fourth-order valence-corrected chi connectivity index (χ4v) is 2.77. The molecule has 120 valence electrons. The maximum absolute atomic E-state index is 12.5. The van der Waals surface area contributed by atoms with Gasteiger partial charge in [-0.2, -0.15) is 13.2 Å². The standard InChI is InChI=1S/C13H20F3N3OS/c1-4-9(18-11(20)8(17)5-7(2)3)12-19-10(6-21-12)13(14,15)16/h6-9H,4-5,17H2,1-3H3,(H,18,20)/t8-,9?/m0/s1. The molecule has 1 amide bonds. The summed E-state index contributed by atoms with van der Waals surface area (Å²) in [5, 5.41) is 3.87. The molecule has 0 radical (unpaired) electrons. The molecule has 2 atom stereocenters. The van der Waals surface area contributed by atoms with Crippen LogP contribution >= 0.6 is 11.3 Å². The molecule has 0 aliphatic rings. The topological polar surface area (TPSA) is 68.0 Å². The van der Waals surface area contributed by atoms with Crippen molar-refractivity contribution < 1.29 is 18.0 Å². The highest BCUT2D eigenvalue weighted by molar-refractivity contribution is 7.09. The van der Waals surface area contributed by atoms with Crippen LogP contribution in [0.2, 0.25) is 0 Å². The van der Waals surface area contributed by atoms with Crippen LogP contribution in [0.5, 0.6) is 0 Å². The molecule has 21 heavy (non-hydrogen) atoms. The molecule has 0 spiro atoms. The van der Waals surface area contributed by atoms with Crippen LogP contribution in [0.15, 0.2) is 5.38 Å². The lowest BCUT2D eigenvalue weighted by atomic mass is 10.0. The van der Waals surface area contributed by atoms with Crippen LogP contribution in [0.3, 0.4) is 0 Å². The maximum Gasteiger partial charge on any atom is 0.434 e. The van der Waals surface area contributed by atoms with Crippen LogP contribution < -0.4 is 11.1 Å². The van der Waals surface area contributed by atoms with Crippen molar-refractivity contribution in [1.29, 1.82) is 0 Å². The summed E-state index contributed by atoms with van der Waals surface area (Å²) in [7, 11) is 0. The Morgan fingerprint density at radius 3 is 2.52 bits per heavy atom. The number of nitrogens with two attached hydrogens (primary N) is 1. The van der Waals surface area contributed by atoms with Gasteiger partial charge in [0.05, 0.1) is 12.1 Å². The SMILES string of the molecule is CCC(NC(=O)[C@@H](N)CC(C)C)c1nc(C(F)(F)F)cs1. The van der Waals surface area contributed by atoms with E-state index in [9.17, 15) is 18.0 Å². The number of rotatable bonds is 6. The van der Waals surface area contributed by atoms with Crippen LogP contribution in [0.1, 0.15) is 50.4 Å². The Bertz CT molecular complexity index is 473. The highest BCUT2D eigenvalue weighted by Gasteiger charge is 2.34. The Kier molecular flexibility index (Phi) is 6.15. The number of aromatic nitrogens is 1. The third-order valence-electron chi connectivity index (χ3n) is 2.90. The lowest BCUT2D eigenvalue weighted by Gasteiger charge is -2.19. The molecular formula is C13H20F3N3OS. The zero-order valence-electron chi connectivity index (χ0n) is 12.2. The lowest BCUT2D eigenvalue weighted by Crippen LogP contribution is -2.42. The van der Waals surface area contributed by atoms with Crippen LogP contribution in [0.25, 0.3) is 0 Å². The van der Waals surface area contributed by atoms with Gasteiger partial charge < -0.3 is 11.1 Å². The second-order valence-corrected chi connectivity index (χ2v) is 6.16. The molecule has 4 nitrogen and oxygen atoms in total. The lowest BCUT2D eigenvalue weighted by molar-refractivity contribution is -0.140. The van der Waals surface area contributed by atoms with Crippen molar-refractivity contribution in [2.75, 3.05) is 0 Å². The van der Waals surface area contributed by atoms with Crippen molar-refractivity contribution in [2.24, 2.45) is 11.7 Å². The zero-order chi connectivity index (χ0) is 16.2. The van der Waals surface area contributed by atoms with Gasteiger partial charge in [-0.05, 0) is 18.8 Å². The van der Waals surface area contributed by atoms with Crippen molar-refractivity contribution in [3.63, 3.8) is 0 Å². The van der Waals surface area contributed by atoms with Gasteiger partial charge in [-0.3, -0.25) is 4.79 Å². The molecule has 0 bridgehead atoms. The molecule has 1 unspecified atom stereocenters. The number of hydrogen-bond donors (Lipinski definition) is 2. The van der Waals surface area contributed by atoms with E-state index >= 15 is 0 Å². The molecule has 0 fully saturated rings. The first-order valence-corrected chi connectivity index (χ1v) is 7.61. The van der Waals surface area contributed by atoms with Gasteiger partial charge in [-0.15, -0.1) is 11.3 Å². The molecule has 0 aliphatic heterocycles. The minimum Gasteiger partial charge on any atom is -0.346 e. The number of carbonyl (C=O) groups excluding carboxylic acids is 1. The molecule has 0 aromatic carbocycles. The van der Waals surface area contributed by atoms with E-state index in [2.05, 4.69) is 10.3 Å². The fraction of sp³-hybridized carbons (Fsp3) is 0.692. The van der Waals surface area contributed by atoms with Gasteiger partial charge in [0.1, 0.15) is 5.01 Å². The minimum absolute atomic E-state index is 0.245. The number of alkyl halides is 3. The summed E-state index contributed by atoms with van der Waals surface area (Å²) in [5.74, 6) is -0.0955. The Labute approximate surface area is 125 Å². The Morgan fingerprint density at radius 1 is 1.48 bits per heavy atom. The van der Waals surface area contributed by atoms with E-state index < -0.39 is 24.0 Å². The minimum atomic E-state index is -4.47. The van der Waals surface area contributed by atoms with Crippen LogP contribution in [-0.4, -0.2) is 16.9 Å². The molecule has 0 saturated carbocycles. The summed E-state index contributed by atoms with van der Waals surface area (Å²) >= 11 is 0.890. The largest absolute Gasteiger partial charge is 0.434 e. The molecule has 0 saturated heterocycles. The van der Waals surface area contributed by atoms with Gasteiger partial charge in [0.15, 0.2) is 5.69 Å². The van der Waals surface area contributed by atoms with Crippen molar-refractivity contribution in [1.82, 2.24) is 10.3 Å². The third-order valence-corrected chi connectivity index (χ3v) is 3.86. The Hall–Kier alpha value is -1.15. The number of carbonyl (C=O) groups is 1. The summed E-state index contributed by atoms with van der Waals surface area (Å²) in [5.41, 5.74) is 4.84. The quantitative estimate of drug-likeness (QED) is 0.845. The van der Waals surface area contributed by atoms with Crippen molar-refractivity contribution in [3.8, 4) is 0 Å². The molecule has 0 aliphatic carbocycles. The van der Waals surface area contributed by atoms with Crippen molar-refractivity contribution >= 4 is 17.2 Å². The smallest absolute Gasteiger partial charge is 0.346 e. The zero-order valence-corrected chi connectivity index (χ0v) is 13.0. The maximum atomic E-state index is 12.5. The first-order chi connectivity index (χ1) is 9.65. The summed E-state index contributed by atoms with van der Waals surface area (Å²) in [6.07, 6.45) is -3.50. The van der Waals surface area contributed by atoms with Gasteiger partial charge in [-0.25, -0.2) is 4.98 Å². The number of hydrogen-bond acceptors (Lipinski definition) is 4. The van der Waals surface area contributed by atoms with Gasteiger partial charge in [0, 0.05) is 5.38 Å². The van der Waals surface area contributed by atoms with Crippen molar-refractivity contribution in [2.45, 2.75) is 51.9 Å². The molecule has 1 aromatic rings. The van der Waals surface area contributed by atoms with E-state index in [1.54, 1.807) is 6.92 Å². The normalized spacial score (nSPS) is 15.0. The van der Waals surface area contributed by atoms with Crippen LogP contribution in [0.4, 0.5) is 13.2 Å². The monoisotopic (exact) mass is 323 g/mol. The van der Waals surface area contributed by atoms with E-state index in [4.69, 9.17) is 5.73 Å². The average molecular weight is 323 g/mol. The molecule has 1 rings (SSSR count). The summed E-state index contributed by atoms with van der Waals surface area (Å²) < 4.78 is 37.6. The van der Waals surface area contributed by atoms with Crippen molar-refractivity contribution in [3.05, 3.63) is 16.1 Å². The Morgan fingerprint density at radius 2 is 2.10 bits per heavy atom. The summed E-state index contributed by atoms with van der Waals surface area (Å²) in [6.45, 7) is 5.66. The predicted octanol–water partition coefficient (Wildman–Crippen LogP) is 3.10. The van der Waals surface area contributed by atoms with Gasteiger partial charge >= 0.3 is 6.18 Å². The van der Waals surface area contributed by atoms with E-state index in [1.165, 1.54) is 0 Å². The molecule has 3 N–H and O–H groups in total. The molecule has 8 heteroatoms. The number of nitrogens with zero attached hydrogens (tertiary/aromatic N) is 1. The first kappa shape index (κ1) is 17.9. The highest BCUT2D eigenvalue weighted by atomic mass is 32.1. The van der Waals surface area contributed by atoms with Crippen LogP contribution in [0, 0.1) is 5.92 Å². The van der Waals surface area contributed by atoms with E-state index in [-0.39, 0.29) is 16.8 Å². The first-order valence-electron chi connectivity index (χ1n) is 6.73. The third kappa shape index (κ3) is 5.28. The number of halogens is 3.